The standard InChI is InChI=1S/C20H18BrNO4S/c1-14-8-10-18(11-9-14)27(24,25)22-13-17(26-15(2)23)12-19(21)20(22)16-6-4-3-5-7-16/h3-13,20H,1-2H3. The first-order chi connectivity index (χ1) is 12.8. The number of carbonyl (C=O) groups excluding carboxylic acids is 1. The van der Waals surface area contributed by atoms with Crippen LogP contribution in [0.15, 0.2) is 82.0 Å². The number of ether oxygens (including phenoxy) is 1. The van der Waals surface area contributed by atoms with Crippen molar-refractivity contribution in [1.82, 2.24) is 4.31 Å². The quantitative estimate of drug-likeness (QED) is 0.650. The van der Waals surface area contributed by atoms with Gasteiger partial charge in [-0.15, -0.1) is 0 Å². The molecule has 0 radical (unpaired) electrons. The molecule has 0 aromatic heterocycles. The molecule has 0 saturated carbocycles. The summed E-state index contributed by atoms with van der Waals surface area (Å²) in [7, 11) is -3.88. The SMILES string of the molecule is CC(=O)OC1=CN(S(=O)(=O)c2ccc(C)cc2)C(c2ccccc2)C(Br)=C1. The summed E-state index contributed by atoms with van der Waals surface area (Å²) in [6, 6.07) is 15.3. The third-order valence-corrected chi connectivity index (χ3v) is 6.43. The van der Waals surface area contributed by atoms with Crippen molar-refractivity contribution >= 4 is 31.9 Å². The van der Waals surface area contributed by atoms with Crippen LogP contribution < -0.4 is 0 Å². The predicted molar refractivity (Wildman–Crippen MR) is 106 cm³/mol. The number of nitrogens with zero attached hydrogens (tertiary/aromatic N) is 1. The Kier molecular flexibility index (Phi) is 5.53. The van der Waals surface area contributed by atoms with Crippen LogP contribution in [0.1, 0.15) is 24.1 Å². The number of allylic oxidation sites excluding steroid dienone is 1. The van der Waals surface area contributed by atoms with Gasteiger partial charge in [-0.25, -0.2) is 8.42 Å². The van der Waals surface area contributed by atoms with Gasteiger partial charge in [-0.1, -0.05) is 64.0 Å². The molecule has 0 amide bonds. The summed E-state index contributed by atoms with van der Waals surface area (Å²) < 4.78 is 33.6. The van der Waals surface area contributed by atoms with Gasteiger partial charge >= 0.3 is 5.97 Å². The van der Waals surface area contributed by atoms with E-state index < -0.39 is 22.0 Å². The molecule has 5 nitrogen and oxygen atoms in total. The van der Waals surface area contributed by atoms with E-state index in [0.29, 0.717) is 4.48 Å². The van der Waals surface area contributed by atoms with Crippen molar-refractivity contribution in [3.05, 3.63) is 88.2 Å². The number of esters is 1. The third-order valence-electron chi connectivity index (χ3n) is 4.02. The normalized spacial score (nSPS) is 17.1. The van der Waals surface area contributed by atoms with Gasteiger partial charge in [0.1, 0.15) is 11.8 Å². The summed E-state index contributed by atoms with van der Waals surface area (Å²) in [6.45, 7) is 3.16. The van der Waals surface area contributed by atoms with Crippen LogP contribution in [0.3, 0.4) is 0 Å². The fourth-order valence-electron chi connectivity index (χ4n) is 2.78. The molecule has 1 atom stereocenters. The molecule has 0 spiro atoms. The number of hydrogen-bond donors (Lipinski definition) is 0. The Morgan fingerprint density at radius 1 is 1.07 bits per heavy atom. The van der Waals surface area contributed by atoms with Crippen LogP contribution in [0.4, 0.5) is 0 Å². The Hall–Kier alpha value is -2.38. The topological polar surface area (TPSA) is 63.7 Å². The Balaban J connectivity index is 2.13. The number of aryl methyl sites for hydroxylation is 1. The first kappa shape index (κ1) is 19.4. The highest BCUT2D eigenvalue weighted by Crippen LogP contribution is 2.40. The molecule has 0 aliphatic carbocycles. The largest absolute Gasteiger partial charge is 0.425 e. The molecule has 2 aromatic rings. The second-order valence-corrected chi connectivity index (χ2v) is 8.87. The molecule has 7 heteroatoms. The molecule has 140 valence electrons. The maximum atomic E-state index is 13.4. The molecule has 0 saturated heterocycles. The Labute approximate surface area is 167 Å². The molecule has 2 aromatic carbocycles. The lowest BCUT2D eigenvalue weighted by Gasteiger charge is -2.33. The maximum Gasteiger partial charge on any atom is 0.308 e. The number of rotatable bonds is 4. The van der Waals surface area contributed by atoms with Crippen LogP contribution >= 0.6 is 15.9 Å². The minimum atomic E-state index is -3.88. The van der Waals surface area contributed by atoms with E-state index in [1.165, 1.54) is 17.4 Å². The van der Waals surface area contributed by atoms with E-state index in [0.717, 1.165) is 11.1 Å². The van der Waals surface area contributed by atoms with Crippen LogP contribution in [-0.2, 0) is 19.6 Å². The number of sulfonamides is 1. The van der Waals surface area contributed by atoms with Crippen LogP contribution in [-0.4, -0.2) is 18.7 Å². The van der Waals surface area contributed by atoms with Crippen molar-refractivity contribution in [2.24, 2.45) is 0 Å². The van der Waals surface area contributed by atoms with E-state index in [1.54, 1.807) is 30.3 Å². The summed E-state index contributed by atoms with van der Waals surface area (Å²) in [5.41, 5.74) is 1.75. The van der Waals surface area contributed by atoms with Gasteiger partial charge in [0.05, 0.1) is 11.1 Å². The summed E-state index contributed by atoms with van der Waals surface area (Å²) >= 11 is 3.46. The number of hydrogen-bond acceptors (Lipinski definition) is 4. The zero-order valence-electron chi connectivity index (χ0n) is 14.8. The summed E-state index contributed by atoms with van der Waals surface area (Å²) in [6.07, 6.45) is 2.96. The highest BCUT2D eigenvalue weighted by Gasteiger charge is 2.35. The number of halogens is 1. The lowest BCUT2D eigenvalue weighted by molar-refractivity contribution is -0.136. The predicted octanol–water partition coefficient (Wildman–Crippen LogP) is 4.42. The lowest BCUT2D eigenvalue weighted by Crippen LogP contribution is -2.33. The minimum Gasteiger partial charge on any atom is -0.425 e. The fourth-order valence-corrected chi connectivity index (χ4v) is 5.10. The lowest BCUT2D eigenvalue weighted by atomic mass is 10.1. The van der Waals surface area contributed by atoms with Crippen molar-refractivity contribution in [1.29, 1.82) is 0 Å². The first-order valence-electron chi connectivity index (χ1n) is 8.21. The van der Waals surface area contributed by atoms with E-state index in [1.807, 2.05) is 37.3 Å². The Bertz CT molecular complexity index is 1010. The van der Waals surface area contributed by atoms with E-state index in [2.05, 4.69) is 15.9 Å². The second-order valence-electron chi connectivity index (χ2n) is 6.12. The number of benzene rings is 2. The molecule has 0 N–H and O–H groups in total. The molecule has 1 aliphatic rings. The van der Waals surface area contributed by atoms with E-state index in [9.17, 15) is 13.2 Å². The molecule has 1 unspecified atom stereocenters. The zero-order chi connectivity index (χ0) is 19.6. The van der Waals surface area contributed by atoms with Crippen molar-refractivity contribution in [3.8, 4) is 0 Å². The van der Waals surface area contributed by atoms with Crippen molar-refractivity contribution in [2.75, 3.05) is 0 Å². The molecule has 3 rings (SSSR count). The van der Waals surface area contributed by atoms with Gasteiger partial charge in [-0.3, -0.25) is 9.10 Å². The van der Waals surface area contributed by atoms with E-state index >= 15 is 0 Å². The molecule has 0 fully saturated rings. The van der Waals surface area contributed by atoms with Crippen LogP contribution in [0.25, 0.3) is 0 Å². The van der Waals surface area contributed by atoms with Gasteiger partial charge in [0.25, 0.3) is 10.0 Å². The zero-order valence-corrected chi connectivity index (χ0v) is 17.2. The number of carbonyl (C=O) groups is 1. The third kappa shape index (κ3) is 4.14. The van der Waals surface area contributed by atoms with Crippen molar-refractivity contribution in [2.45, 2.75) is 24.8 Å². The van der Waals surface area contributed by atoms with Gasteiger partial charge in [-0.05, 0) is 30.7 Å². The Morgan fingerprint density at radius 2 is 1.70 bits per heavy atom. The van der Waals surface area contributed by atoms with Gasteiger partial charge in [-0.2, -0.15) is 0 Å². The maximum absolute atomic E-state index is 13.4. The van der Waals surface area contributed by atoms with Gasteiger partial charge in [0.15, 0.2) is 0 Å². The summed E-state index contributed by atoms with van der Waals surface area (Å²) in [5, 5.41) is 0. The summed E-state index contributed by atoms with van der Waals surface area (Å²) in [4.78, 5) is 11.5. The van der Waals surface area contributed by atoms with Crippen molar-refractivity contribution in [3.63, 3.8) is 0 Å². The second kappa shape index (κ2) is 7.70. The van der Waals surface area contributed by atoms with Gasteiger partial charge < -0.3 is 4.74 Å². The highest BCUT2D eigenvalue weighted by molar-refractivity contribution is 9.11. The van der Waals surface area contributed by atoms with Crippen LogP contribution in [0.2, 0.25) is 0 Å². The van der Waals surface area contributed by atoms with Gasteiger partial charge in [0.2, 0.25) is 0 Å². The molecule has 1 aliphatic heterocycles. The highest BCUT2D eigenvalue weighted by atomic mass is 79.9. The molecule has 1 heterocycles. The fraction of sp³-hybridized carbons (Fsp3) is 0.150. The minimum absolute atomic E-state index is 0.150. The van der Waals surface area contributed by atoms with Gasteiger partial charge in [0, 0.05) is 11.4 Å². The van der Waals surface area contributed by atoms with Crippen molar-refractivity contribution < 1.29 is 17.9 Å². The molecular formula is C20H18BrNO4S. The van der Waals surface area contributed by atoms with Crippen LogP contribution in [0, 0.1) is 6.92 Å². The average Bonchev–Trinajstić information content (AvgIpc) is 2.62. The van der Waals surface area contributed by atoms with E-state index in [-0.39, 0.29) is 10.7 Å². The van der Waals surface area contributed by atoms with Crippen LogP contribution in [0.5, 0.6) is 0 Å². The summed E-state index contributed by atoms with van der Waals surface area (Å²) in [5.74, 6) is -0.374. The average molecular weight is 448 g/mol. The molecular weight excluding hydrogens is 430 g/mol. The monoisotopic (exact) mass is 447 g/mol. The van der Waals surface area contributed by atoms with E-state index in [4.69, 9.17) is 4.74 Å². The molecule has 0 bridgehead atoms. The smallest absolute Gasteiger partial charge is 0.308 e. The first-order valence-corrected chi connectivity index (χ1v) is 10.4. The Morgan fingerprint density at radius 3 is 2.30 bits per heavy atom. The molecule has 27 heavy (non-hydrogen) atoms.